The Morgan fingerprint density at radius 2 is 1.83 bits per heavy atom. The lowest BCUT2D eigenvalue weighted by atomic mass is 10.1. The Kier molecular flexibility index (Phi) is 7.24. The first-order chi connectivity index (χ1) is 14.4. The highest BCUT2D eigenvalue weighted by molar-refractivity contribution is 9.10. The maximum atomic E-state index is 11.1. The van der Waals surface area contributed by atoms with E-state index in [9.17, 15) is 4.79 Å². The van der Waals surface area contributed by atoms with Crippen molar-refractivity contribution < 1.29 is 19.4 Å². The number of carboxylic acids is 1. The predicted molar refractivity (Wildman–Crippen MR) is 122 cm³/mol. The molecular formula is C23H21BrClNO4. The van der Waals surface area contributed by atoms with Crippen LogP contribution in [0.2, 0.25) is 5.02 Å². The molecule has 0 unspecified atom stereocenters. The molecule has 0 spiro atoms. The number of aryl methyl sites for hydroxylation is 1. The number of carbonyl (C=O) groups is 1. The Bertz CT molecular complexity index is 1050. The van der Waals surface area contributed by atoms with Crippen LogP contribution >= 0.6 is 27.5 Å². The van der Waals surface area contributed by atoms with E-state index >= 15 is 0 Å². The van der Waals surface area contributed by atoms with Gasteiger partial charge in [-0.3, -0.25) is 0 Å². The van der Waals surface area contributed by atoms with Gasteiger partial charge in [0.15, 0.2) is 11.5 Å². The summed E-state index contributed by atoms with van der Waals surface area (Å²) in [6.07, 6.45) is 0. The highest BCUT2D eigenvalue weighted by atomic mass is 79.9. The third-order valence-corrected chi connectivity index (χ3v) is 5.58. The Hall–Kier alpha value is -2.70. The molecular weight excluding hydrogens is 470 g/mol. The highest BCUT2D eigenvalue weighted by Crippen LogP contribution is 2.34. The number of rotatable bonds is 8. The Morgan fingerprint density at radius 1 is 1.10 bits per heavy atom. The van der Waals surface area contributed by atoms with Crippen molar-refractivity contribution in [3.05, 3.63) is 86.3 Å². The molecule has 0 saturated carbocycles. The minimum atomic E-state index is -1.06. The Balaban J connectivity index is 1.71. The molecule has 30 heavy (non-hydrogen) atoms. The number of benzene rings is 3. The molecule has 3 aromatic rings. The van der Waals surface area contributed by atoms with Gasteiger partial charge in [-0.25, -0.2) is 4.79 Å². The molecule has 3 aromatic carbocycles. The fraction of sp³-hybridized carbons (Fsp3) is 0.174. The maximum absolute atomic E-state index is 11.1. The second-order valence-electron chi connectivity index (χ2n) is 6.72. The van der Waals surface area contributed by atoms with Crippen LogP contribution in [0.4, 0.5) is 5.69 Å². The molecule has 0 fully saturated rings. The average molecular weight is 491 g/mol. The smallest absolute Gasteiger partial charge is 0.337 e. The van der Waals surface area contributed by atoms with Crippen molar-refractivity contribution in [2.75, 3.05) is 12.4 Å². The van der Waals surface area contributed by atoms with Crippen LogP contribution in [-0.4, -0.2) is 18.2 Å². The van der Waals surface area contributed by atoms with Gasteiger partial charge in [0.25, 0.3) is 0 Å². The molecule has 0 aliphatic rings. The summed E-state index contributed by atoms with van der Waals surface area (Å²) in [6.45, 7) is 2.97. The molecule has 0 aliphatic heterocycles. The number of aromatic carboxylic acids is 1. The van der Waals surface area contributed by atoms with Gasteiger partial charge in [-0.1, -0.05) is 57.4 Å². The van der Waals surface area contributed by atoms with Crippen LogP contribution in [0.1, 0.15) is 27.0 Å². The summed E-state index contributed by atoms with van der Waals surface area (Å²) in [4.78, 5) is 11.1. The first-order valence-electron chi connectivity index (χ1n) is 9.19. The van der Waals surface area contributed by atoms with E-state index in [4.69, 9.17) is 26.2 Å². The molecule has 156 valence electrons. The van der Waals surface area contributed by atoms with Gasteiger partial charge >= 0.3 is 5.97 Å². The zero-order chi connectivity index (χ0) is 21.7. The second-order valence-corrected chi connectivity index (χ2v) is 7.98. The number of nitrogens with one attached hydrogen (secondary N) is 1. The Labute approximate surface area is 188 Å². The molecule has 0 aromatic heterocycles. The van der Waals surface area contributed by atoms with Gasteiger partial charge in [-0.05, 0) is 48.4 Å². The van der Waals surface area contributed by atoms with Crippen LogP contribution in [0, 0.1) is 6.92 Å². The van der Waals surface area contributed by atoms with Crippen LogP contribution in [0.5, 0.6) is 11.5 Å². The van der Waals surface area contributed by atoms with E-state index in [1.54, 1.807) is 19.2 Å². The fourth-order valence-corrected chi connectivity index (χ4v) is 3.55. The van der Waals surface area contributed by atoms with Crippen LogP contribution in [0.25, 0.3) is 0 Å². The van der Waals surface area contributed by atoms with Gasteiger partial charge in [0.1, 0.15) is 6.61 Å². The number of anilines is 1. The number of ether oxygens (including phenoxy) is 2. The van der Waals surface area contributed by atoms with Crippen molar-refractivity contribution in [1.29, 1.82) is 0 Å². The van der Waals surface area contributed by atoms with E-state index in [-0.39, 0.29) is 10.6 Å². The first-order valence-corrected chi connectivity index (χ1v) is 10.4. The summed E-state index contributed by atoms with van der Waals surface area (Å²) < 4.78 is 12.3. The third kappa shape index (κ3) is 5.46. The average Bonchev–Trinajstić information content (AvgIpc) is 2.72. The number of carboxylic acid groups (broad SMARTS) is 1. The number of hydrogen-bond acceptors (Lipinski definition) is 4. The maximum Gasteiger partial charge on any atom is 0.337 e. The van der Waals surface area contributed by atoms with Crippen molar-refractivity contribution >= 4 is 39.2 Å². The van der Waals surface area contributed by atoms with Crippen molar-refractivity contribution in [3.63, 3.8) is 0 Å². The van der Waals surface area contributed by atoms with Gasteiger partial charge in [0.2, 0.25) is 0 Å². The molecule has 0 bridgehead atoms. The van der Waals surface area contributed by atoms with Crippen molar-refractivity contribution in [2.24, 2.45) is 0 Å². The normalized spacial score (nSPS) is 10.5. The largest absolute Gasteiger partial charge is 0.493 e. The summed E-state index contributed by atoms with van der Waals surface area (Å²) in [7, 11) is 1.60. The summed E-state index contributed by atoms with van der Waals surface area (Å²) >= 11 is 9.62. The molecule has 0 radical (unpaired) electrons. The lowest BCUT2D eigenvalue weighted by Crippen LogP contribution is -2.04. The van der Waals surface area contributed by atoms with Crippen LogP contribution in [-0.2, 0) is 13.2 Å². The topological polar surface area (TPSA) is 67.8 Å². The molecule has 0 heterocycles. The van der Waals surface area contributed by atoms with Crippen molar-refractivity contribution in [2.45, 2.75) is 20.1 Å². The van der Waals surface area contributed by atoms with Gasteiger partial charge in [-0.15, -0.1) is 0 Å². The molecule has 0 saturated heterocycles. The molecule has 0 aliphatic carbocycles. The SMILES string of the molecule is COc1cc(CNc2ccc(C(=O)O)c(Cl)c2)c(Br)cc1OCc1ccc(C)cc1. The summed E-state index contributed by atoms with van der Waals surface area (Å²) in [5, 5.41) is 12.5. The van der Waals surface area contributed by atoms with E-state index in [0.717, 1.165) is 21.3 Å². The van der Waals surface area contributed by atoms with Gasteiger partial charge in [0.05, 0.1) is 17.7 Å². The van der Waals surface area contributed by atoms with E-state index in [1.165, 1.54) is 11.6 Å². The second kappa shape index (κ2) is 9.87. The van der Waals surface area contributed by atoms with Gasteiger partial charge < -0.3 is 19.9 Å². The fourth-order valence-electron chi connectivity index (χ4n) is 2.83. The minimum absolute atomic E-state index is 0.0696. The van der Waals surface area contributed by atoms with E-state index in [1.807, 2.05) is 31.2 Å². The predicted octanol–water partition coefficient (Wildman–Crippen LogP) is 6.31. The third-order valence-electron chi connectivity index (χ3n) is 4.53. The first kappa shape index (κ1) is 22.0. The lowest BCUT2D eigenvalue weighted by molar-refractivity contribution is 0.0697. The molecule has 7 heteroatoms. The van der Waals surface area contributed by atoms with Crippen LogP contribution in [0.15, 0.2) is 59.1 Å². The quantitative estimate of drug-likeness (QED) is 0.387. The lowest BCUT2D eigenvalue weighted by Gasteiger charge is -2.15. The molecule has 3 rings (SSSR count). The summed E-state index contributed by atoms with van der Waals surface area (Å²) in [6, 6.07) is 16.7. The van der Waals surface area contributed by atoms with E-state index in [0.29, 0.717) is 24.7 Å². The monoisotopic (exact) mass is 489 g/mol. The van der Waals surface area contributed by atoms with Crippen LogP contribution < -0.4 is 14.8 Å². The molecule has 2 N–H and O–H groups in total. The van der Waals surface area contributed by atoms with Crippen molar-refractivity contribution in [3.8, 4) is 11.5 Å². The molecule has 0 amide bonds. The highest BCUT2D eigenvalue weighted by Gasteiger charge is 2.12. The zero-order valence-corrected chi connectivity index (χ0v) is 18.9. The number of methoxy groups -OCH3 is 1. The summed E-state index contributed by atoms with van der Waals surface area (Å²) in [5.41, 5.74) is 4.02. The van der Waals surface area contributed by atoms with Crippen LogP contribution in [0.3, 0.4) is 0 Å². The minimum Gasteiger partial charge on any atom is -0.493 e. The van der Waals surface area contributed by atoms with Gasteiger partial charge in [0, 0.05) is 16.7 Å². The number of halogens is 2. The summed E-state index contributed by atoms with van der Waals surface area (Å²) in [5.74, 6) is 0.212. The zero-order valence-electron chi connectivity index (χ0n) is 16.5. The van der Waals surface area contributed by atoms with E-state index < -0.39 is 5.97 Å². The van der Waals surface area contributed by atoms with Gasteiger partial charge in [-0.2, -0.15) is 0 Å². The Morgan fingerprint density at radius 3 is 2.47 bits per heavy atom. The standard InChI is InChI=1S/C23H21BrClNO4/c1-14-3-5-15(6-4-14)13-30-22-11-19(24)16(9-21(22)29-2)12-26-17-7-8-18(23(27)28)20(25)10-17/h3-11,26H,12-13H2,1-2H3,(H,27,28). The number of hydrogen-bond donors (Lipinski definition) is 2. The van der Waals surface area contributed by atoms with E-state index in [2.05, 4.69) is 33.4 Å². The molecule has 0 atom stereocenters. The molecule has 5 nitrogen and oxygen atoms in total. The van der Waals surface area contributed by atoms with Crippen molar-refractivity contribution in [1.82, 2.24) is 0 Å².